The Labute approximate surface area is 88.9 Å². The molecule has 1 unspecified atom stereocenters. The Morgan fingerprint density at radius 3 is 2.57 bits per heavy atom. The maximum Gasteiger partial charge on any atom is 0.260 e. The molecule has 0 aromatic heterocycles. The molecule has 0 spiro atoms. The van der Waals surface area contributed by atoms with E-state index in [9.17, 15) is 13.9 Å². The molecule has 3 N–H and O–H groups in total. The molecule has 1 aromatic rings. The van der Waals surface area contributed by atoms with E-state index in [1.54, 1.807) is 6.07 Å². The van der Waals surface area contributed by atoms with Gasteiger partial charge < -0.3 is 10.8 Å². The number of phenols is 1. The second-order valence-corrected chi connectivity index (χ2v) is 4.16. The monoisotopic (exact) mass is 265 g/mol. The van der Waals surface area contributed by atoms with Crippen molar-refractivity contribution in [1.82, 2.24) is 0 Å². The van der Waals surface area contributed by atoms with Gasteiger partial charge in [-0.15, -0.1) is 0 Å². The van der Waals surface area contributed by atoms with Crippen LogP contribution in [0.25, 0.3) is 0 Å². The Bertz CT molecular complexity index is 342. The van der Waals surface area contributed by atoms with Crippen LogP contribution in [0.1, 0.15) is 12.5 Å². The van der Waals surface area contributed by atoms with Gasteiger partial charge in [-0.3, -0.25) is 0 Å². The fourth-order valence-electron chi connectivity index (χ4n) is 1.06. The zero-order chi connectivity index (χ0) is 10.9. The number of rotatable bonds is 2. The average molecular weight is 266 g/mol. The van der Waals surface area contributed by atoms with Gasteiger partial charge in [0.1, 0.15) is 11.3 Å². The molecule has 1 aromatic carbocycles. The Morgan fingerprint density at radius 2 is 2.07 bits per heavy atom. The number of alkyl halides is 2. The molecule has 0 heterocycles. The summed E-state index contributed by atoms with van der Waals surface area (Å²) in [5.74, 6) is -0.224. The highest BCUT2D eigenvalue weighted by Gasteiger charge is 2.34. The number of aromatic hydroxyl groups is 1. The largest absolute Gasteiger partial charge is 0.508 e. The number of halogens is 3. The molecule has 78 valence electrons. The lowest BCUT2D eigenvalue weighted by Crippen LogP contribution is -2.40. The molecular weight excluding hydrogens is 256 g/mol. The third kappa shape index (κ3) is 2.04. The van der Waals surface area contributed by atoms with E-state index in [4.69, 9.17) is 5.73 Å². The first kappa shape index (κ1) is 11.4. The summed E-state index contributed by atoms with van der Waals surface area (Å²) in [6, 6.07) is 4.27. The molecule has 1 atom stereocenters. The van der Waals surface area contributed by atoms with E-state index in [0.29, 0.717) is 4.47 Å². The molecule has 0 fully saturated rings. The van der Waals surface area contributed by atoms with Crippen molar-refractivity contribution in [1.29, 1.82) is 0 Å². The molecule has 1 rings (SSSR count). The van der Waals surface area contributed by atoms with E-state index in [1.165, 1.54) is 19.1 Å². The van der Waals surface area contributed by atoms with Crippen LogP contribution in [-0.2, 0) is 5.54 Å². The van der Waals surface area contributed by atoms with Crippen LogP contribution in [-0.4, -0.2) is 11.5 Å². The summed E-state index contributed by atoms with van der Waals surface area (Å²) in [5, 5.41) is 9.39. The molecule has 14 heavy (non-hydrogen) atoms. The van der Waals surface area contributed by atoms with E-state index in [1.807, 2.05) is 0 Å². The van der Waals surface area contributed by atoms with E-state index in [-0.39, 0.29) is 11.3 Å². The molecule has 2 nitrogen and oxygen atoms in total. The molecular formula is C9H10BrF2NO. The third-order valence-electron chi connectivity index (χ3n) is 1.99. The van der Waals surface area contributed by atoms with Gasteiger partial charge in [0.25, 0.3) is 6.43 Å². The third-order valence-corrected chi connectivity index (χ3v) is 2.49. The fourth-order valence-corrected chi connectivity index (χ4v) is 1.42. The van der Waals surface area contributed by atoms with Crippen molar-refractivity contribution < 1.29 is 13.9 Å². The van der Waals surface area contributed by atoms with E-state index in [2.05, 4.69) is 15.9 Å². The zero-order valence-electron chi connectivity index (χ0n) is 7.47. The van der Waals surface area contributed by atoms with Gasteiger partial charge in [-0.05, 0) is 25.1 Å². The van der Waals surface area contributed by atoms with Crippen LogP contribution in [0.5, 0.6) is 5.75 Å². The smallest absolute Gasteiger partial charge is 0.260 e. The lowest BCUT2D eigenvalue weighted by Gasteiger charge is -2.25. The van der Waals surface area contributed by atoms with Crippen molar-refractivity contribution in [3.63, 3.8) is 0 Å². The van der Waals surface area contributed by atoms with Crippen molar-refractivity contribution >= 4 is 15.9 Å². The Morgan fingerprint density at radius 1 is 1.50 bits per heavy atom. The second kappa shape index (κ2) is 3.82. The minimum atomic E-state index is -2.73. The van der Waals surface area contributed by atoms with E-state index < -0.39 is 12.0 Å². The minimum absolute atomic E-state index is 0.0295. The average Bonchev–Trinajstić information content (AvgIpc) is 2.08. The number of hydrogen-bond donors (Lipinski definition) is 2. The Kier molecular flexibility index (Phi) is 3.11. The Balaban J connectivity index is 3.24. The van der Waals surface area contributed by atoms with Crippen LogP contribution < -0.4 is 5.73 Å². The molecule has 0 bridgehead atoms. The maximum absolute atomic E-state index is 12.6. The second-order valence-electron chi connectivity index (χ2n) is 3.24. The first-order chi connectivity index (χ1) is 6.35. The van der Waals surface area contributed by atoms with Gasteiger partial charge in [-0.25, -0.2) is 8.78 Å². The summed E-state index contributed by atoms with van der Waals surface area (Å²) < 4.78 is 25.7. The van der Waals surface area contributed by atoms with Gasteiger partial charge in [-0.1, -0.05) is 15.9 Å². The van der Waals surface area contributed by atoms with Crippen LogP contribution in [0.3, 0.4) is 0 Å². The topological polar surface area (TPSA) is 46.2 Å². The first-order valence-corrected chi connectivity index (χ1v) is 4.71. The molecule has 0 radical (unpaired) electrons. The summed E-state index contributed by atoms with van der Waals surface area (Å²) in [5.41, 5.74) is 3.61. The number of hydrogen-bond acceptors (Lipinski definition) is 2. The quantitative estimate of drug-likeness (QED) is 0.864. The fraction of sp³-hybridized carbons (Fsp3) is 0.333. The number of phenolic OH excluding ortho intramolecular Hbond substituents is 1. The van der Waals surface area contributed by atoms with Crippen molar-refractivity contribution in [2.45, 2.75) is 18.9 Å². The highest BCUT2D eigenvalue weighted by Crippen LogP contribution is 2.33. The predicted molar refractivity (Wildman–Crippen MR) is 53.4 cm³/mol. The lowest BCUT2D eigenvalue weighted by molar-refractivity contribution is 0.0611. The van der Waals surface area contributed by atoms with Gasteiger partial charge in [-0.2, -0.15) is 0 Å². The molecule has 0 aliphatic carbocycles. The SMILES string of the molecule is CC(N)(c1cc(Br)ccc1O)C(F)F. The van der Waals surface area contributed by atoms with Gasteiger partial charge in [0, 0.05) is 10.0 Å². The summed E-state index contributed by atoms with van der Waals surface area (Å²) in [6.45, 7) is 1.18. The van der Waals surface area contributed by atoms with Crippen molar-refractivity contribution in [2.24, 2.45) is 5.73 Å². The van der Waals surface area contributed by atoms with Crippen molar-refractivity contribution in [3.8, 4) is 5.75 Å². The van der Waals surface area contributed by atoms with Gasteiger partial charge in [0.2, 0.25) is 0 Å². The minimum Gasteiger partial charge on any atom is -0.508 e. The summed E-state index contributed by atoms with van der Waals surface area (Å²) >= 11 is 3.13. The van der Waals surface area contributed by atoms with Gasteiger partial charge in [0.15, 0.2) is 0 Å². The molecule has 0 aliphatic rings. The molecule has 0 saturated carbocycles. The van der Waals surface area contributed by atoms with Crippen LogP contribution >= 0.6 is 15.9 Å². The highest BCUT2D eigenvalue weighted by atomic mass is 79.9. The van der Waals surface area contributed by atoms with Crippen molar-refractivity contribution in [2.75, 3.05) is 0 Å². The van der Waals surface area contributed by atoms with Crippen LogP contribution in [0, 0.1) is 0 Å². The van der Waals surface area contributed by atoms with Gasteiger partial charge in [0.05, 0.1) is 0 Å². The standard InChI is InChI=1S/C9H10BrF2NO/c1-9(13,8(11)12)6-4-5(10)2-3-7(6)14/h2-4,8,14H,13H2,1H3. The van der Waals surface area contributed by atoms with E-state index in [0.717, 1.165) is 0 Å². The first-order valence-electron chi connectivity index (χ1n) is 3.91. The lowest BCUT2D eigenvalue weighted by atomic mass is 9.93. The Hall–Kier alpha value is -0.680. The van der Waals surface area contributed by atoms with Gasteiger partial charge >= 0.3 is 0 Å². The van der Waals surface area contributed by atoms with E-state index >= 15 is 0 Å². The normalized spacial score (nSPS) is 15.6. The summed E-state index contributed by atoms with van der Waals surface area (Å²) in [4.78, 5) is 0. The summed E-state index contributed by atoms with van der Waals surface area (Å²) in [6.07, 6.45) is -2.73. The maximum atomic E-state index is 12.6. The molecule has 5 heteroatoms. The van der Waals surface area contributed by atoms with Crippen molar-refractivity contribution in [3.05, 3.63) is 28.2 Å². The zero-order valence-corrected chi connectivity index (χ0v) is 9.05. The molecule has 0 amide bonds. The summed E-state index contributed by atoms with van der Waals surface area (Å²) in [7, 11) is 0. The van der Waals surface area contributed by atoms with Crippen LogP contribution in [0.4, 0.5) is 8.78 Å². The highest BCUT2D eigenvalue weighted by molar-refractivity contribution is 9.10. The predicted octanol–water partition coefficient (Wildman–Crippen LogP) is 2.59. The molecule has 0 saturated heterocycles. The van der Waals surface area contributed by atoms with Crippen LogP contribution in [0.2, 0.25) is 0 Å². The molecule has 0 aliphatic heterocycles. The van der Waals surface area contributed by atoms with Crippen LogP contribution in [0.15, 0.2) is 22.7 Å². The number of benzene rings is 1. The number of nitrogens with two attached hydrogens (primary N) is 1.